The first kappa shape index (κ1) is 7.03. The number of ether oxygens (including phenoxy) is 1. The zero-order valence-electron chi connectivity index (χ0n) is 6.00. The van der Waals surface area contributed by atoms with Crippen molar-refractivity contribution in [3.05, 3.63) is 0 Å². The molecule has 0 aromatic carbocycles. The van der Waals surface area contributed by atoms with E-state index in [2.05, 4.69) is 0 Å². The van der Waals surface area contributed by atoms with Crippen molar-refractivity contribution in [1.82, 2.24) is 0 Å². The van der Waals surface area contributed by atoms with Gasteiger partial charge in [-0.15, -0.1) is 0 Å². The first-order chi connectivity index (χ1) is 4.25. The van der Waals surface area contributed by atoms with Crippen molar-refractivity contribution in [2.24, 2.45) is 5.92 Å². The minimum Gasteiger partial charge on any atom is -0.390 e. The van der Waals surface area contributed by atoms with Gasteiger partial charge in [0.15, 0.2) is 0 Å². The number of aliphatic hydroxyl groups is 1. The molecular weight excluding hydrogens is 116 g/mol. The maximum atomic E-state index is 9.33. The van der Waals surface area contributed by atoms with E-state index in [1.807, 2.05) is 13.8 Å². The van der Waals surface area contributed by atoms with Crippen LogP contribution < -0.4 is 0 Å². The molecule has 0 radical (unpaired) electrons. The molecule has 2 nitrogen and oxygen atoms in total. The van der Waals surface area contributed by atoms with Crippen molar-refractivity contribution in [1.29, 1.82) is 0 Å². The van der Waals surface area contributed by atoms with E-state index in [1.54, 1.807) is 0 Å². The molecule has 1 aliphatic rings. The molecule has 1 rings (SSSR count). The summed E-state index contributed by atoms with van der Waals surface area (Å²) in [4.78, 5) is 0. The zero-order chi connectivity index (χ0) is 6.85. The van der Waals surface area contributed by atoms with Gasteiger partial charge in [0.1, 0.15) is 0 Å². The van der Waals surface area contributed by atoms with Gasteiger partial charge in [-0.1, -0.05) is 13.8 Å². The van der Waals surface area contributed by atoms with E-state index in [0.29, 0.717) is 5.92 Å². The summed E-state index contributed by atoms with van der Waals surface area (Å²) in [6, 6.07) is 0. The molecule has 1 saturated heterocycles. The van der Waals surface area contributed by atoms with Gasteiger partial charge < -0.3 is 9.84 Å². The second-order valence-corrected chi connectivity index (χ2v) is 2.75. The van der Waals surface area contributed by atoms with Gasteiger partial charge >= 0.3 is 0 Å². The topological polar surface area (TPSA) is 29.5 Å². The highest BCUT2D eigenvalue weighted by Gasteiger charge is 2.30. The predicted octanol–water partition coefficient (Wildman–Crippen LogP) is 0.792. The first-order valence-electron chi connectivity index (χ1n) is 3.55. The van der Waals surface area contributed by atoms with Crippen LogP contribution in [0.1, 0.15) is 20.3 Å². The van der Waals surface area contributed by atoms with Gasteiger partial charge in [0.25, 0.3) is 0 Å². The van der Waals surface area contributed by atoms with Crippen molar-refractivity contribution >= 4 is 0 Å². The maximum Gasteiger partial charge on any atom is 0.0849 e. The molecule has 0 amide bonds. The summed E-state index contributed by atoms with van der Waals surface area (Å²) in [5, 5.41) is 9.33. The highest BCUT2D eigenvalue weighted by atomic mass is 16.5. The van der Waals surface area contributed by atoms with Crippen molar-refractivity contribution in [2.75, 3.05) is 6.61 Å². The third-order valence-corrected chi connectivity index (χ3v) is 1.94. The van der Waals surface area contributed by atoms with Gasteiger partial charge in [0.05, 0.1) is 18.8 Å². The van der Waals surface area contributed by atoms with Gasteiger partial charge in [0.2, 0.25) is 0 Å². The summed E-state index contributed by atoms with van der Waals surface area (Å²) in [5.74, 6) is 0.329. The molecule has 0 aliphatic carbocycles. The molecule has 1 fully saturated rings. The Bertz CT molecular complexity index is 92.9. The average Bonchev–Trinajstić information content (AvgIpc) is 2.15. The summed E-state index contributed by atoms with van der Waals surface area (Å²) >= 11 is 0. The van der Waals surface area contributed by atoms with Crippen LogP contribution in [0.25, 0.3) is 0 Å². The quantitative estimate of drug-likeness (QED) is 0.568. The largest absolute Gasteiger partial charge is 0.390 e. The SMILES string of the molecule is CC[C@H]1OC[C@H](C)[C@@H]1O. The lowest BCUT2D eigenvalue weighted by Gasteiger charge is -2.11. The van der Waals surface area contributed by atoms with Crippen LogP contribution in [0.3, 0.4) is 0 Å². The Labute approximate surface area is 55.8 Å². The highest BCUT2D eigenvalue weighted by molar-refractivity contribution is 4.79. The van der Waals surface area contributed by atoms with Crippen molar-refractivity contribution in [3.8, 4) is 0 Å². The summed E-state index contributed by atoms with van der Waals surface area (Å²) in [5.41, 5.74) is 0. The number of hydrogen-bond donors (Lipinski definition) is 1. The van der Waals surface area contributed by atoms with E-state index < -0.39 is 0 Å². The number of rotatable bonds is 1. The third kappa shape index (κ3) is 1.25. The molecule has 3 atom stereocenters. The normalized spacial score (nSPS) is 43.7. The second-order valence-electron chi connectivity index (χ2n) is 2.75. The Kier molecular flexibility index (Phi) is 2.09. The molecule has 0 unspecified atom stereocenters. The van der Waals surface area contributed by atoms with Crippen molar-refractivity contribution in [2.45, 2.75) is 32.5 Å². The van der Waals surface area contributed by atoms with Gasteiger partial charge in [0, 0.05) is 5.92 Å². The Morgan fingerprint density at radius 1 is 1.67 bits per heavy atom. The summed E-state index contributed by atoms with van der Waals surface area (Å²) in [6.07, 6.45) is 0.792. The third-order valence-electron chi connectivity index (χ3n) is 1.94. The molecular formula is C7H14O2. The average molecular weight is 130 g/mol. The van der Waals surface area contributed by atoms with Crippen LogP contribution in [0.4, 0.5) is 0 Å². The molecule has 2 heteroatoms. The monoisotopic (exact) mass is 130 g/mol. The molecule has 1 aliphatic heterocycles. The lowest BCUT2D eigenvalue weighted by Crippen LogP contribution is -2.23. The van der Waals surface area contributed by atoms with E-state index in [9.17, 15) is 5.11 Å². The molecule has 0 bridgehead atoms. The van der Waals surface area contributed by atoms with Crippen LogP contribution >= 0.6 is 0 Å². The summed E-state index contributed by atoms with van der Waals surface area (Å²) in [7, 11) is 0. The first-order valence-corrected chi connectivity index (χ1v) is 3.55. The fourth-order valence-corrected chi connectivity index (χ4v) is 1.20. The Morgan fingerprint density at radius 3 is 2.56 bits per heavy atom. The van der Waals surface area contributed by atoms with Gasteiger partial charge in [-0.05, 0) is 6.42 Å². The maximum absolute atomic E-state index is 9.33. The summed E-state index contributed by atoms with van der Waals surface area (Å²) in [6.45, 7) is 4.77. The molecule has 0 spiro atoms. The standard InChI is InChI=1S/C7H14O2/c1-3-6-7(8)5(2)4-9-6/h5-8H,3-4H2,1-2H3/t5-,6+,7-/m0/s1. The van der Waals surface area contributed by atoms with E-state index >= 15 is 0 Å². The summed E-state index contributed by atoms with van der Waals surface area (Å²) < 4.78 is 5.28. The van der Waals surface area contributed by atoms with Crippen molar-refractivity contribution < 1.29 is 9.84 Å². The van der Waals surface area contributed by atoms with Crippen LogP contribution in [0.2, 0.25) is 0 Å². The van der Waals surface area contributed by atoms with E-state index in [4.69, 9.17) is 4.74 Å². The minimum atomic E-state index is -0.227. The number of hydrogen-bond acceptors (Lipinski definition) is 2. The van der Waals surface area contributed by atoms with E-state index in [0.717, 1.165) is 13.0 Å². The second kappa shape index (κ2) is 2.67. The lowest BCUT2D eigenvalue weighted by atomic mass is 10.0. The van der Waals surface area contributed by atoms with Crippen LogP contribution in [0.5, 0.6) is 0 Å². The smallest absolute Gasteiger partial charge is 0.0849 e. The zero-order valence-corrected chi connectivity index (χ0v) is 6.00. The van der Waals surface area contributed by atoms with Crippen molar-refractivity contribution in [3.63, 3.8) is 0 Å². The van der Waals surface area contributed by atoms with E-state index in [-0.39, 0.29) is 12.2 Å². The van der Waals surface area contributed by atoms with Crippen LogP contribution in [0.15, 0.2) is 0 Å². The molecule has 54 valence electrons. The van der Waals surface area contributed by atoms with E-state index in [1.165, 1.54) is 0 Å². The fraction of sp³-hybridized carbons (Fsp3) is 1.00. The molecule has 0 aromatic heterocycles. The molecule has 9 heavy (non-hydrogen) atoms. The lowest BCUT2D eigenvalue weighted by molar-refractivity contribution is 0.0375. The van der Waals surface area contributed by atoms with Crippen LogP contribution in [-0.2, 0) is 4.74 Å². The van der Waals surface area contributed by atoms with Crippen LogP contribution in [0, 0.1) is 5.92 Å². The molecule has 0 saturated carbocycles. The van der Waals surface area contributed by atoms with Crippen LogP contribution in [-0.4, -0.2) is 23.9 Å². The van der Waals surface area contributed by atoms with Gasteiger partial charge in [-0.2, -0.15) is 0 Å². The minimum absolute atomic E-state index is 0.0972. The molecule has 1 heterocycles. The molecule has 0 aromatic rings. The Morgan fingerprint density at radius 2 is 2.33 bits per heavy atom. The molecule has 1 N–H and O–H groups in total. The highest BCUT2D eigenvalue weighted by Crippen LogP contribution is 2.21. The Balaban J connectivity index is 2.41. The van der Waals surface area contributed by atoms with Gasteiger partial charge in [-0.25, -0.2) is 0 Å². The Hall–Kier alpha value is -0.0800. The number of aliphatic hydroxyl groups excluding tert-OH is 1. The van der Waals surface area contributed by atoms with Gasteiger partial charge in [-0.3, -0.25) is 0 Å². The fourth-order valence-electron chi connectivity index (χ4n) is 1.20. The predicted molar refractivity (Wildman–Crippen MR) is 35.2 cm³/mol.